The van der Waals surface area contributed by atoms with Crippen molar-refractivity contribution in [3.63, 3.8) is 0 Å². The number of pyridine rings is 1. The Balaban J connectivity index is 2.54. The van der Waals surface area contributed by atoms with Crippen LogP contribution in [0.3, 0.4) is 0 Å². The third-order valence-corrected chi connectivity index (χ3v) is 2.24. The summed E-state index contributed by atoms with van der Waals surface area (Å²) in [4.78, 5) is 10.6. The minimum absolute atomic E-state index is 0.0362. The lowest BCUT2D eigenvalue weighted by Gasteiger charge is -1.97. The third-order valence-electron chi connectivity index (χ3n) is 2.24. The molecule has 0 aliphatic heterocycles. The molecule has 0 bridgehead atoms. The smallest absolute Gasteiger partial charge is 0.338 e. The van der Waals surface area contributed by atoms with Gasteiger partial charge in [-0.05, 0) is 18.6 Å². The summed E-state index contributed by atoms with van der Waals surface area (Å²) in [6.07, 6.45) is 2.59. The molecule has 0 atom stereocenters. The summed E-state index contributed by atoms with van der Waals surface area (Å²) in [5, 5.41) is 18.1. The minimum Gasteiger partial charge on any atom is -0.363 e. The molecule has 2 heterocycles. The highest BCUT2D eigenvalue weighted by molar-refractivity contribution is 5.76. The molecule has 0 fully saturated rings. The van der Waals surface area contributed by atoms with Gasteiger partial charge < -0.3 is 5.32 Å². The molecule has 0 amide bonds. The Morgan fingerprint density at radius 3 is 3.06 bits per heavy atom. The van der Waals surface area contributed by atoms with Gasteiger partial charge in [0.15, 0.2) is 0 Å². The third kappa shape index (κ3) is 1.69. The topological polar surface area (TPSA) is 72.5 Å². The van der Waals surface area contributed by atoms with Crippen LogP contribution in [0.15, 0.2) is 24.4 Å². The molecule has 84 valence electrons. The lowest BCUT2D eigenvalue weighted by atomic mass is 10.3. The van der Waals surface area contributed by atoms with E-state index in [-0.39, 0.29) is 5.69 Å². The van der Waals surface area contributed by atoms with Gasteiger partial charge in [0.2, 0.25) is 5.82 Å². The zero-order chi connectivity index (χ0) is 11.5. The molecule has 0 unspecified atom stereocenters. The fourth-order valence-electron chi connectivity index (χ4n) is 1.53. The standard InChI is InChI=1S/C10H12N4O2/c1-2-6-11-10-9(14(15)16)8-5-3-4-7-13(8)12-10/h3-5,7H,2,6H2,1H3,(H,11,12). The summed E-state index contributed by atoms with van der Waals surface area (Å²) in [5.74, 6) is 0.332. The average molecular weight is 220 g/mol. The highest BCUT2D eigenvalue weighted by Crippen LogP contribution is 2.28. The molecule has 2 aromatic heterocycles. The minimum atomic E-state index is -0.402. The Kier molecular flexibility index (Phi) is 2.72. The zero-order valence-corrected chi connectivity index (χ0v) is 8.88. The van der Waals surface area contributed by atoms with Crippen LogP contribution in [0.5, 0.6) is 0 Å². The van der Waals surface area contributed by atoms with E-state index in [2.05, 4.69) is 10.4 Å². The number of hydrogen-bond acceptors (Lipinski definition) is 4. The molecular formula is C10H12N4O2. The molecule has 0 aromatic carbocycles. The molecule has 2 rings (SSSR count). The van der Waals surface area contributed by atoms with Crippen LogP contribution < -0.4 is 5.32 Å². The van der Waals surface area contributed by atoms with Crippen LogP contribution in [-0.4, -0.2) is 21.1 Å². The zero-order valence-electron chi connectivity index (χ0n) is 8.88. The van der Waals surface area contributed by atoms with E-state index >= 15 is 0 Å². The second kappa shape index (κ2) is 4.18. The normalized spacial score (nSPS) is 10.6. The first kappa shape index (κ1) is 10.4. The van der Waals surface area contributed by atoms with Gasteiger partial charge in [-0.3, -0.25) is 10.1 Å². The molecule has 6 nitrogen and oxygen atoms in total. The molecule has 1 N–H and O–H groups in total. The first-order valence-electron chi connectivity index (χ1n) is 5.09. The van der Waals surface area contributed by atoms with Crippen LogP contribution in [0.25, 0.3) is 5.52 Å². The summed E-state index contributed by atoms with van der Waals surface area (Å²) >= 11 is 0. The largest absolute Gasteiger partial charge is 0.363 e. The molecule has 6 heteroatoms. The average Bonchev–Trinajstić information content (AvgIpc) is 2.64. The van der Waals surface area contributed by atoms with Crippen molar-refractivity contribution in [3.05, 3.63) is 34.5 Å². The van der Waals surface area contributed by atoms with Gasteiger partial charge in [-0.1, -0.05) is 13.0 Å². The van der Waals surface area contributed by atoms with Crippen LogP contribution >= 0.6 is 0 Å². The predicted octanol–water partition coefficient (Wildman–Crippen LogP) is 2.06. The van der Waals surface area contributed by atoms with Crippen molar-refractivity contribution in [3.8, 4) is 0 Å². The van der Waals surface area contributed by atoms with Crippen molar-refractivity contribution in [2.45, 2.75) is 13.3 Å². The molecule has 16 heavy (non-hydrogen) atoms. The fraction of sp³-hybridized carbons (Fsp3) is 0.300. The van der Waals surface area contributed by atoms with Gasteiger partial charge in [-0.15, -0.1) is 5.10 Å². The molecule has 0 radical (unpaired) electrons. The SMILES string of the molecule is CCCNc1nn2ccccc2c1[N+](=O)[O-]. The van der Waals surface area contributed by atoms with Gasteiger partial charge in [0.05, 0.1) is 4.92 Å². The highest BCUT2D eigenvalue weighted by Gasteiger charge is 2.22. The Morgan fingerprint density at radius 2 is 2.38 bits per heavy atom. The Morgan fingerprint density at radius 1 is 1.56 bits per heavy atom. The molecule has 0 aliphatic carbocycles. The number of aromatic nitrogens is 2. The predicted molar refractivity (Wildman–Crippen MR) is 60.6 cm³/mol. The van der Waals surface area contributed by atoms with Crippen LogP contribution in [0.1, 0.15) is 13.3 Å². The van der Waals surface area contributed by atoms with Crippen molar-refractivity contribution in [1.82, 2.24) is 9.61 Å². The Labute approximate surface area is 92.0 Å². The molecule has 0 saturated carbocycles. The summed E-state index contributed by atoms with van der Waals surface area (Å²) in [6, 6.07) is 5.23. The number of nitrogens with one attached hydrogen (secondary N) is 1. The number of nitro groups is 1. The maximum absolute atomic E-state index is 11.0. The Hall–Kier alpha value is -2.11. The van der Waals surface area contributed by atoms with Gasteiger partial charge in [-0.2, -0.15) is 0 Å². The van der Waals surface area contributed by atoms with Gasteiger partial charge >= 0.3 is 5.69 Å². The summed E-state index contributed by atoms with van der Waals surface area (Å²) in [6.45, 7) is 2.67. The van der Waals surface area contributed by atoms with Crippen molar-refractivity contribution in [1.29, 1.82) is 0 Å². The van der Waals surface area contributed by atoms with Crippen molar-refractivity contribution in [2.24, 2.45) is 0 Å². The summed E-state index contributed by atoms with van der Waals surface area (Å²) in [7, 11) is 0. The summed E-state index contributed by atoms with van der Waals surface area (Å²) < 4.78 is 1.51. The van der Waals surface area contributed by atoms with Crippen molar-refractivity contribution >= 4 is 17.0 Å². The highest BCUT2D eigenvalue weighted by atomic mass is 16.6. The maximum Gasteiger partial charge on any atom is 0.338 e. The second-order valence-electron chi connectivity index (χ2n) is 3.41. The number of nitrogens with zero attached hydrogens (tertiary/aromatic N) is 3. The first-order chi connectivity index (χ1) is 7.74. The maximum atomic E-state index is 11.0. The van der Waals surface area contributed by atoms with Gasteiger partial charge in [0, 0.05) is 12.7 Å². The first-order valence-corrected chi connectivity index (χ1v) is 5.09. The molecule has 0 aliphatic rings. The van der Waals surface area contributed by atoms with E-state index in [1.807, 2.05) is 6.92 Å². The molecule has 0 saturated heterocycles. The van der Waals surface area contributed by atoms with E-state index in [9.17, 15) is 10.1 Å². The van der Waals surface area contributed by atoms with Crippen LogP contribution in [0.2, 0.25) is 0 Å². The van der Waals surface area contributed by atoms with E-state index in [4.69, 9.17) is 0 Å². The van der Waals surface area contributed by atoms with E-state index in [1.165, 1.54) is 4.52 Å². The quantitative estimate of drug-likeness (QED) is 0.632. The second-order valence-corrected chi connectivity index (χ2v) is 3.41. The van der Waals surface area contributed by atoms with Crippen LogP contribution in [0.4, 0.5) is 11.5 Å². The van der Waals surface area contributed by atoms with Gasteiger partial charge in [0.25, 0.3) is 0 Å². The van der Waals surface area contributed by atoms with E-state index in [1.54, 1.807) is 24.4 Å². The van der Waals surface area contributed by atoms with Crippen molar-refractivity contribution in [2.75, 3.05) is 11.9 Å². The van der Waals surface area contributed by atoms with Gasteiger partial charge in [0.1, 0.15) is 5.52 Å². The van der Waals surface area contributed by atoms with Crippen molar-refractivity contribution < 1.29 is 4.92 Å². The van der Waals surface area contributed by atoms with E-state index in [0.29, 0.717) is 17.9 Å². The summed E-state index contributed by atoms with van der Waals surface area (Å²) in [5.41, 5.74) is 0.542. The van der Waals surface area contributed by atoms with E-state index in [0.717, 1.165) is 6.42 Å². The molecule has 0 spiro atoms. The number of anilines is 1. The number of hydrogen-bond donors (Lipinski definition) is 1. The van der Waals surface area contributed by atoms with Crippen LogP contribution in [-0.2, 0) is 0 Å². The van der Waals surface area contributed by atoms with Gasteiger partial charge in [-0.25, -0.2) is 4.52 Å². The monoisotopic (exact) mass is 220 g/mol. The Bertz CT molecular complexity index is 521. The molecular weight excluding hydrogens is 208 g/mol. The number of rotatable bonds is 4. The van der Waals surface area contributed by atoms with E-state index < -0.39 is 4.92 Å². The number of fused-ring (bicyclic) bond motifs is 1. The lowest BCUT2D eigenvalue weighted by Crippen LogP contribution is -2.02. The fourth-order valence-corrected chi connectivity index (χ4v) is 1.53. The van der Waals surface area contributed by atoms with Crippen LogP contribution in [0, 0.1) is 10.1 Å². The molecule has 2 aromatic rings. The lowest BCUT2D eigenvalue weighted by molar-refractivity contribution is -0.382.